The monoisotopic (exact) mass is 258 g/mol. The van der Waals surface area contributed by atoms with Gasteiger partial charge in [0.2, 0.25) is 0 Å². The first-order valence-electron chi connectivity index (χ1n) is 5.24. The van der Waals surface area contributed by atoms with Gasteiger partial charge in [0.25, 0.3) is 0 Å². The predicted octanol–water partition coefficient (Wildman–Crippen LogP) is 2.00. The van der Waals surface area contributed by atoms with Crippen LogP contribution >= 0.6 is 11.6 Å². The van der Waals surface area contributed by atoms with Crippen molar-refractivity contribution in [3.05, 3.63) is 22.8 Å². The van der Waals surface area contributed by atoms with Crippen molar-refractivity contribution < 1.29 is 15.0 Å². The summed E-state index contributed by atoms with van der Waals surface area (Å²) in [6, 6.07) is 2.67. The molecule has 0 aliphatic heterocycles. The van der Waals surface area contributed by atoms with Crippen molar-refractivity contribution in [1.29, 1.82) is 0 Å². The van der Waals surface area contributed by atoms with E-state index < -0.39 is 12.1 Å². The van der Waals surface area contributed by atoms with Crippen LogP contribution in [0.25, 0.3) is 0 Å². The van der Waals surface area contributed by atoms with Crippen molar-refractivity contribution in [1.82, 2.24) is 4.98 Å². The molecule has 6 heteroatoms. The molecule has 0 aliphatic carbocycles. The number of rotatable bonds is 5. The number of pyridine rings is 1. The molecule has 0 bridgehead atoms. The smallest absolute Gasteiger partial charge is 0.335 e. The summed E-state index contributed by atoms with van der Waals surface area (Å²) in [6.07, 6.45) is 0.104. The Morgan fingerprint density at radius 1 is 1.53 bits per heavy atom. The Labute approximate surface area is 104 Å². The summed E-state index contributed by atoms with van der Waals surface area (Å²) < 4.78 is 0. The van der Waals surface area contributed by atoms with Gasteiger partial charge < -0.3 is 15.5 Å². The molecule has 17 heavy (non-hydrogen) atoms. The molecule has 0 aliphatic rings. The largest absolute Gasteiger partial charge is 0.478 e. The molecule has 0 spiro atoms. The molecule has 1 heterocycles. The van der Waals surface area contributed by atoms with Crippen LogP contribution in [0.2, 0.25) is 5.15 Å². The van der Waals surface area contributed by atoms with E-state index in [1.54, 1.807) is 6.92 Å². The molecule has 1 aromatic heterocycles. The Balaban J connectivity index is 2.80. The van der Waals surface area contributed by atoms with Crippen LogP contribution in [-0.4, -0.2) is 33.3 Å². The second kappa shape index (κ2) is 5.84. The fourth-order valence-corrected chi connectivity index (χ4v) is 1.73. The van der Waals surface area contributed by atoms with E-state index in [1.165, 1.54) is 12.1 Å². The first-order valence-corrected chi connectivity index (χ1v) is 5.61. The minimum Gasteiger partial charge on any atom is -0.478 e. The van der Waals surface area contributed by atoms with Crippen LogP contribution in [0.1, 0.15) is 30.6 Å². The maximum Gasteiger partial charge on any atom is 0.335 e. The molecule has 1 rings (SSSR count). The van der Waals surface area contributed by atoms with Gasteiger partial charge in [-0.3, -0.25) is 0 Å². The van der Waals surface area contributed by atoms with Crippen molar-refractivity contribution in [2.24, 2.45) is 0 Å². The zero-order valence-corrected chi connectivity index (χ0v) is 10.4. The van der Waals surface area contributed by atoms with E-state index in [-0.39, 0.29) is 16.8 Å². The van der Waals surface area contributed by atoms with E-state index in [2.05, 4.69) is 10.3 Å². The minimum absolute atomic E-state index is 0.0254. The molecule has 0 saturated carbocycles. The summed E-state index contributed by atoms with van der Waals surface area (Å²) in [6.45, 7) is 3.56. The lowest BCUT2D eigenvalue weighted by Crippen LogP contribution is -2.21. The van der Waals surface area contributed by atoms with Crippen LogP contribution in [0.3, 0.4) is 0 Å². The number of hydrogen-bond acceptors (Lipinski definition) is 4. The second-order valence-corrected chi connectivity index (χ2v) is 4.39. The van der Waals surface area contributed by atoms with Gasteiger partial charge in [0.1, 0.15) is 11.0 Å². The summed E-state index contributed by atoms with van der Waals surface area (Å²) >= 11 is 5.72. The van der Waals surface area contributed by atoms with E-state index >= 15 is 0 Å². The van der Waals surface area contributed by atoms with Crippen molar-refractivity contribution >= 4 is 23.4 Å². The topological polar surface area (TPSA) is 82.5 Å². The molecule has 0 aromatic carbocycles. The van der Waals surface area contributed by atoms with Crippen molar-refractivity contribution in [2.45, 2.75) is 32.4 Å². The van der Waals surface area contributed by atoms with Crippen LogP contribution in [0.4, 0.5) is 5.82 Å². The maximum atomic E-state index is 10.8. The lowest BCUT2D eigenvalue weighted by Gasteiger charge is -2.16. The van der Waals surface area contributed by atoms with Crippen LogP contribution in [0.15, 0.2) is 12.1 Å². The van der Waals surface area contributed by atoms with Crippen molar-refractivity contribution in [3.8, 4) is 0 Å². The first-order chi connectivity index (χ1) is 7.88. The zero-order chi connectivity index (χ0) is 13.0. The number of carboxylic acids is 1. The van der Waals surface area contributed by atoms with E-state index in [0.29, 0.717) is 12.2 Å². The molecule has 2 atom stereocenters. The molecule has 1 aromatic rings. The third-order valence-corrected chi connectivity index (χ3v) is 2.32. The summed E-state index contributed by atoms with van der Waals surface area (Å²) in [5, 5.41) is 21.2. The first kappa shape index (κ1) is 13.7. The van der Waals surface area contributed by atoms with Gasteiger partial charge in [0.05, 0.1) is 11.7 Å². The van der Waals surface area contributed by atoms with Gasteiger partial charge >= 0.3 is 5.97 Å². The average Bonchev–Trinajstić information content (AvgIpc) is 2.14. The van der Waals surface area contributed by atoms with Crippen LogP contribution in [0.5, 0.6) is 0 Å². The molecule has 0 saturated heterocycles. The normalized spacial score (nSPS) is 14.1. The Morgan fingerprint density at radius 3 is 2.71 bits per heavy atom. The number of anilines is 1. The van der Waals surface area contributed by atoms with Gasteiger partial charge in [0.15, 0.2) is 0 Å². The average molecular weight is 259 g/mol. The molecular weight excluding hydrogens is 244 g/mol. The molecule has 0 amide bonds. The number of aliphatic hydroxyl groups excluding tert-OH is 1. The molecule has 0 radical (unpaired) electrons. The summed E-state index contributed by atoms with van der Waals surface area (Å²) in [4.78, 5) is 14.8. The standard InChI is InChI=1S/C11H15ClN2O3/c1-6(3-7(2)15)13-10-5-8(11(16)17)4-9(12)14-10/h4-7,15H,3H2,1-2H3,(H,13,14)(H,16,17). The van der Waals surface area contributed by atoms with Crippen LogP contribution < -0.4 is 5.32 Å². The predicted molar refractivity (Wildman–Crippen MR) is 65.6 cm³/mol. The van der Waals surface area contributed by atoms with Gasteiger partial charge in [-0.2, -0.15) is 0 Å². The third kappa shape index (κ3) is 4.58. The molecule has 3 N–H and O–H groups in total. The van der Waals surface area contributed by atoms with Gasteiger partial charge in [-0.15, -0.1) is 0 Å². The van der Waals surface area contributed by atoms with E-state index in [1.807, 2.05) is 6.92 Å². The number of nitrogens with one attached hydrogen (secondary N) is 1. The number of halogens is 1. The Bertz CT molecular complexity index is 410. The maximum absolute atomic E-state index is 10.8. The van der Waals surface area contributed by atoms with Gasteiger partial charge in [-0.25, -0.2) is 9.78 Å². The fraction of sp³-hybridized carbons (Fsp3) is 0.455. The SMILES string of the molecule is CC(O)CC(C)Nc1cc(C(=O)O)cc(Cl)n1. The molecule has 2 unspecified atom stereocenters. The highest BCUT2D eigenvalue weighted by Gasteiger charge is 2.10. The third-order valence-electron chi connectivity index (χ3n) is 2.13. The number of aromatic carboxylic acids is 1. The van der Waals surface area contributed by atoms with Crippen molar-refractivity contribution in [3.63, 3.8) is 0 Å². The highest BCUT2D eigenvalue weighted by atomic mass is 35.5. The van der Waals surface area contributed by atoms with E-state index in [0.717, 1.165) is 0 Å². The summed E-state index contributed by atoms with van der Waals surface area (Å²) in [5.74, 6) is -0.663. The van der Waals surface area contributed by atoms with Crippen LogP contribution in [0, 0.1) is 0 Å². The molecule has 94 valence electrons. The summed E-state index contributed by atoms with van der Waals surface area (Å²) in [5.41, 5.74) is 0.0803. The lowest BCUT2D eigenvalue weighted by atomic mass is 10.1. The lowest BCUT2D eigenvalue weighted by molar-refractivity contribution is 0.0696. The van der Waals surface area contributed by atoms with Crippen molar-refractivity contribution in [2.75, 3.05) is 5.32 Å². The van der Waals surface area contributed by atoms with Crippen LogP contribution in [-0.2, 0) is 0 Å². The number of hydrogen-bond donors (Lipinski definition) is 3. The fourth-order valence-electron chi connectivity index (χ4n) is 1.52. The Kier molecular flexibility index (Phi) is 4.72. The van der Waals surface area contributed by atoms with Gasteiger partial charge in [-0.05, 0) is 32.4 Å². The zero-order valence-electron chi connectivity index (χ0n) is 9.64. The number of nitrogens with zero attached hydrogens (tertiary/aromatic N) is 1. The quantitative estimate of drug-likeness (QED) is 0.704. The number of carboxylic acid groups (broad SMARTS) is 1. The van der Waals surface area contributed by atoms with Gasteiger partial charge in [-0.1, -0.05) is 11.6 Å². The van der Waals surface area contributed by atoms with E-state index in [4.69, 9.17) is 16.7 Å². The Morgan fingerprint density at radius 2 is 2.18 bits per heavy atom. The molecule has 0 fully saturated rings. The Hall–Kier alpha value is -1.33. The number of carbonyl (C=O) groups is 1. The van der Waals surface area contributed by atoms with Gasteiger partial charge in [0, 0.05) is 6.04 Å². The minimum atomic E-state index is -1.06. The second-order valence-electron chi connectivity index (χ2n) is 4.00. The molecular formula is C11H15ClN2O3. The molecule has 5 nitrogen and oxygen atoms in total. The number of aromatic nitrogens is 1. The summed E-state index contributed by atoms with van der Waals surface area (Å²) in [7, 11) is 0. The van der Waals surface area contributed by atoms with E-state index in [9.17, 15) is 9.90 Å². The highest BCUT2D eigenvalue weighted by Crippen LogP contribution is 2.16. The highest BCUT2D eigenvalue weighted by molar-refractivity contribution is 6.29. The number of aliphatic hydroxyl groups is 1.